The molecule has 1 unspecified atom stereocenters. The second-order valence-corrected chi connectivity index (χ2v) is 7.17. The Morgan fingerprint density at radius 2 is 1.63 bits per heavy atom. The van der Waals surface area contributed by atoms with Crippen molar-refractivity contribution in [2.75, 3.05) is 31.1 Å². The highest BCUT2D eigenvalue weighted by Gasteiger charge is 2.24. The molecule has 1 heterocycles. The van der Waals surface area contributed by atoms with Crippen molar-refractivity contribution < 1.29 is 9.59 Å². The van der Waals surface area contributed by atoms with Gasteiger partial charge in [0, 0.05) is 44.2 Å². The Bertz CT molecular complexity index is 789. The molecule has 2 amide bonds. The maximum absolute atomic E-state index is 12.6. The molecule has 1 aliphatic heterocycles. The van der Waals surface area contributed by atoms with Gasteiger partial charge < -0.3 is 15.1 Å². The lowest BCUT2D eigenvalue weighted by Crippen LogP contribution is -2.50. The molecule has 2 aromatic rings. The first-order chi connectivity index (χ1) is 13.0. The van der Waals surface area contributed by atoms with Crippen LogP contribution in [0.1, 0.15) is 23.7 Å². The first-order valence-electron chi connectivity index (χ1n) is 9.18. The van der Waals surface area contributed by atoms with E-state index in [-0.39, 0.29) is 17.9 Å². The van der Waals surface area contributed by atoms with Crippen molar-refractivity contribution in [3.8, 4) is 0 Å². The van der Waals surface area contributed by atoms with Gasteiger partial charge in [0.1, 0.15) is 0 Å². The number of nitrogens with zero attached hydrogens (tertiary/aromatic N) is 2. The number of para-hydroxylation sites is 1. The van der Waals surface area contributed by atoms with Crippen LogP contribution in [0.2, 0.25) is 5.02 Å². The van der Waals surface area contributed by atoms with Crippen LogP contribution in [0.25, 0.3) is 0 Å². The lowest BCUT2D eigenvalue weighted by Gasteiger charge is -2.37. The van der Waals surface area contributed by atoms with Crippen LogP contribution < -0.4 is 10.2 Å². The van der Waals surface area contributed by atoms with Crippen molar-refractivity contribution in [1.29, 1.82) is 0 Å². The number of carbonyl (C=O) groups excluding carboxylic acids is 2. The van der Waals surface area contributed by atoms with Crippen molar-refractivity contribution >= 4 is 29.1 Å². The van der Waals surface area contributed by atoms with Crippen LogP contribution in [0.5, 0.6) is 0 Å². The van der Waals surface area contributed by atoms with Gasteiger partial charge in [0.25, 0.3) is 5.91 Å². The van der Waals surface area contributed by atoms with E-state index >= 15 is 0 Å². The number of hydrogen-bond donors (Lipinski definition) is 1. The zero-order chi connectivity index (χ0) is 19.2. The summed E-state index contributed by atoms with van der Waals surface area (Å²) in [6.07, 6.45) is 0.296. The lowest BCUT2D eigenvalue weighted by atomic mass is 10.1. The van der Waals surface area contributed by atoms with Crippen molar-refractivity contribution in [3.63, 3.8) is 0 Å². The van der Waals surface area contributed by atoms with Gasteiger partial charge in [0.2, 0.25) is 5.91 Å². The van der Waals surface area contributed by atoms with Gasteiger partial charge in [0.05, 0.1) is 10.7 Å². The van der Waals surface area contributed by atoms with E-state index in [2.05, 4.69) is 10.2 Å². The number of rotatable bonds is 5. The van der Waals surface area contributed by atoms with E-state index in [0.29, 0.717) is 25.1 Å². The average Bonchev–Trinajstić information content (AvgIpc) is 2.69. The molecular weight excluding hydrogens is 362 g/mol. The SMILES string of the molecule is CC(CC(=O)N1CCN(c2ccccc2Cl)CC1)NC(=O)c1ccccc1. The maximum Gasteiger partial charge on any atom is 0.251 e. The molecule has 142 valence electrons. The van der Waals surface area contributed by atoms with Crippen LogP contribution in [0.15, 0.2) is 54.6 Å². The van der Waals surface area contributed by atoms with Crippen LogP contribution in [0, 0.1) is 0 Å². The van der Waals surface area contributed by atoms with E-state index in [1.807, 2.05) is 54.3 Å². The molecule has 27 heavy (non-hydrogen) atoms. The molecule has 1 aliphatic rings. The quantitative estimate of drug-likeness (QED) is 0.859. The van der Waals surface area contributed by atoms with E-state index in [1.165, 1.54) is 0 Å². The van der Waals surface area contributed by atoms with Gasteiger partial charge in [-0.05, 0) is 31.2 Å². The zero-order valence-electron chi connectivity index (χ0n) is 15.4. The fourth-order valence-electron chi connectivity index (χ4n) is 3.24. The molecule has 3 rings (SSSR count). The predicted molar refractivity (Wildman–Crippen MR) is 108 cm³/mol. The summed E-state index contributed by atoms with van der Waals surface area (Å²) in [5.74, 6) is -0.0888. The highest BCUT2D eigenvalue weighted by molar-refractivity contribution is 6.33. The topological polar surface area (TPSA) is 52.7 Å². The summed E-state index contributed by atoms with van der Waals surface area (Å²) in [5.41, 5.74) is 1.61. The second kappa shape index (κ2) is 8.91. The Labute approximate surface area is 164 Å². The molecule has 0 aliphatic carbocycles. The van der Waals surface area contributed by atoms with Gasteiger partial charge in [-0.3, -0.25) is 9.59 Å². The number of halogens is 1. The third-order valence-corrected chi connectivity index (χ3v) is 5.04. The summed E-state index contributed by atoms with van der Waals surface area (Å²) in [7, 11) is 0. The number of benzene rings is 2. The molecule has 1 saturated heterocycles. The highest BCUT2D eigenvalue weighted by atomic mass is 35.5. The summed E-state index contributed by atoms with van der Waals surface area (Å²) in [5, 5.41) is 3.62. The van der Waals surface area contributed by atoms with E-state index in [9.17, 15) is 9.59 Å². The van der Waals surface area contributed by atoms with E-state index < -0.39 is 0 Å². The fraction of sp³-hybridized carbons (Fsp3) is 0.333. The number of anilines is 1. The first kappa shape index (κ1) is 19.2. The maximum atomic E-state index is 12.6. The van der Waals surface area contributed by atoms with Gasteiger partial charge in [-0.25, -0.2) is 0 Å². The molecule has 2 aromatic carbocycles. The zero-order valence-corrected chi connectivity index (χ0v) is 16.2. The van der Waals surface area contributed by atoms with Crippen LogP contribution in [0.4, 0.5) is 5.69 Å². The van der Waals surface area contributed by atoms with Crippen LogP contribution in [0.3, 0.4) is 0 Å². The molecule has 0 saturated carbocycles. The first-order valence-corrected chi connectivity index (χ1v) is 9.55. The molecule has 1 fully saturated rings. The van der Waals surface area contributed by atoms with Crippen LogP contribution in [-0.4, -0.2) is 48.9 Å². The van der Waals surface area contributed by atoms with E-state index in [4.69, 9.17) is 11.6 Å². The largest absolute Gasteiger partial charge is 0.367 e. The third kappa shape index (κ3) is 5.01. The standard InChI is InChI=1S/C21H24ClN3O2/c1-16(23-21(27)17-7-3-2-4-8-17)15-20(26)25-13-11-24(12-14-25)19-10-6-5-9-18(19)22/h2-10,16H,11-15H2,1H3,(H,23,27). The Hall–Kier alpha value is -2.53. The molecule has 0 aromatic heterocycles. The smallest absolute Gasteiger partial charge is 0.251 e. The van der Waals surface area contributed by atoms with E-state index in [0.717, 1.165) is 23.8 Å². The van der Waals surface area contributed by atoms with Gasteiger partial charge in [-0.1, -0.05) is 41.9 Å². The summed E-state index contributed by atoms with van der Waals surface area (Å²) in [6, 6.07) is 16.6. The Morgan fingerprint density at radius 3 is 2.30 bits per heavy atom. The summed E-state index contributed by atoms with van der Waals surface area (Å²) in [4.78, 5) is 28.8. The third-order valence-electron chi connectivity index (χ3n) is 4.72. The summed E-state index contributed by atoms with van der Waals surface area (Å²) < 4.78 is 0. The highest BCUT2D eigenvalue weighted by Crippen LogP contribution is 2.26. The summed E-state index contributed by atoms with van der Waals surface area (Å²) >= 11 is 6.26. The van der Waals surface area contributed by atoms with Gasteiger partial charge in [-0.2, -0.15) is 0 Å². The molecular formula is C21H24ClN3O2. The van der Waals surface area contributed by atoms with Crippen LogP contribution in [-0.2, 0) is 4.79 Å². The number of nitrogens with one attached hydrogen (secondary N) is 1. The molecule has 1 N–H and O–H groups in total. The van der Waals surface area contributed by atoms with E-state index in [1.54, 1.807) is 12.1 Å². The van der Waals surface area contributed by atoms with Crippen molar-refractivity contribution in [2.24, 2.45) is 0 Å². The number of carbonyl (C=O) groups is 2. The van der Waals surface area contributed by atoms with Crippen molar-refractivity contribution in [2.45, 2.75) is 19.4 Å². The molecule has 1 atom stereocenters. The average molecular weight is 386 g/mol. The molecule has 0 spiro atoms. The predicted octanol–water partition coefficient (Wildman–Crippen LogP) is 3.20. The molecule has 0 bridgehead atoms. The number of piperazine rings is 1. The minimum Gasteiger partial charge on any atom is -0.367 e. The second-order valence-electron chi connectivity index (χ2n) is 6.76. The summed E-state index contributed by atoms with van der Waals surface area (Å²) in [6.45, 7) is 4.67. The van der Waals surface area contributed by atoms with Crippen molar-refractivity contribution in [3.05, 3.63) is 65.2 Å². The Kier molecular flexibility index (Phi) is 6.35. The number of amides is 2. The minimum atomic E-state index is -0.216. The molecule has 6 heteroatoms. The molecule has 0 radical (unpaired) electrons. The normalized spacial score (nSPS) is 15.3. The Morgan fingerprint density at radius 1 is 1.00 bits per heavy atom. The van der Waals surface area contributed by atoms with Gasteiger partial charge in [0.15, 0.2) is 0 Å². The monoisotopic (exact) mass is 385 g/mol. The van der Waals surface area contributed by atoms with Gasteiger partial charge >= 0.3 is 0 Å². The lowest BCUT2D eigenvalue weighted by molar-refractivity contribution is -0.131. The fourth-order valence-corrected chi connectivity index (χ4v) is 3.50. The van der Waals surface area contributed by atoms with Gasteiger partial charge in [-0.15, -0.1) is 0 Å². The van der Waals surface area contributed by atoms with Crippen molar-refractivity contribution in [1.82, 2.24) is 10.2 Å². The van der Waals surface area contributed by atoms with Crippen LogP contribution >= 0.6 is 11.6 Å². The number of hydrogen-bond acceptors (Lipinski definition) is 3. The molecule has 5 nitrogen and oxygen atoms in total. The minimum absolute atomic E-state index is 0.0645. The Balaban J connectivity index is 1.48.